The number of aromatic nitrogens is 10. The first kappa shape index (κ1) is 25.7. The van der Waals surface area contributed by atoms with Gasteiger partial charge in [-0.2, -0.15) is 0 Å². The monoisotopic (exact) mass is 558 g/mol. The second kappa shape index (κ2) is 10.3. The summed E-state index contributed by atoms with van der Waals surface area (Å²) in [5.41, 5.74) is 9.32. The number of hydrogen-bond donors (Lipinski definition) is 2. The second-order valence-corrected chi connectivity index (χ2v) is 10.9. The summed E-state index contributed by atoms with van der Waals surface area (Å²) in [6.07, 6.45) is 3.90. The van der Waals surface area contributed by atoms with Crippen molar-refractivity contribution in [3.63, 3.8) is 0 Å². The molecule has 0 fully saturated rings. The van der Waals surface area contributed by atoms with Gasteiger partial charge in [0.1, 0.15) is 11.6 Å². The first-order chi connectivity index (χ1) is 20.4. The molecule has 0 aliphatic rings. The number of benzene rings is 3. The Morgan fingerprint density at radius 1 is 0.595 bits per heavy atom. The molecule has 4 heterocycles. The fourth-order valence-corrected chi connectivity index (χ4v) is 4.98. The number of nitrogens with one attached hydrogen (secondary N) is 2. The van der Waals surface area contributed by atoms with Gasteiger partial charge in [-0.15, -0.1) is 10.2 Å². The van der Waals surface area contributed by atoms with Crippen LogP contribution in [0.1, 0.15) is 11.4 Å². The van der Waals surface area contributed by atoms with Crippen molar-refractivity contribution in [1.82, 2.24) is 59.7 Å². The Hall–Kier alpha value is -5.20. The Labute approximate surface area is 241 Å². The molecule has 12 heteroatoms. The smallest absolute Gasteiger partial charge is 0.138 e. The summed E-state index contributed by atoms with van der Waals surface area (Å²) in [6.45, 7) is 1.48. The van der Waals surface area contributed by atoms with Crippen molar-refractivity contribution in [2.75, 3.05) is 28.2 Å². The summed E-state index contributed by atoms with van der Waals surface area (Å²) in [6, 6.07) is 20.3. The minimum Gasteiger partial charge on any atom is -0.338 e. The van der Waals surface area contributed by atoms with E-state index in [0.29, 0.717) is 0 Å². The summed E-state index contributed by atoms with van der Waals surface area (Å²) in [4.78, 5) is 20.7. The Kier molecular flexibility index (Phi) is 6.33. The molecule has 7 aromatic rings. The Morgan fingerprint density at radius 2 is 1.02 bits per heavy atom. The first-order valence-corrected chi connectivity index (χ1v) is 13.6. The van der Waals surface area contributed by atoms with Crippen LogP contribution >= 0.6 is 0 Å². The topological polar surface area (TPSA) is 125 Å². The molecule has 3 aromatic carbocycles. The van der Waals surface area contributed by atoms with E-state index in [2.05, 4.69) is 64.7 Å². The van der Waals surface area contributed by atoms with Crippen LogP contribution in [0.5, 0.6) is 0 Å². The van der Waals surface area contributed by atoms with Crippen molar-refractivity contribution in [1.29, 1.82) is 0 Å². The largest absolute Gasteiger partial charge is 0.338 e. The summed E-state index contributed by atoms with van der Waals surface area (Å²) in [5, 5.41) is 17.1. The van der Waals surface area contributed by atoms with Crippen LogP contribution in [0.25, 0.3) is 56.2 Å². The van der Waals surface area contributed by atoms with Crippen LogP contribution in [0.3, 0.4) is 0 Å². The molecular formula is C30H30N12. The van der Waals surface area contributed by atoms with E-state index in [1.807, 2.05) is 77.0 Å². The van der Waals surface area contributed by atoms with Gasteiger partial charge in [0.2, 0.25) is 0 Å². The molecule has 210 valence electrons. The highest BCUT2D eigenvalue weighted by Gasteiger charge is 2.12. The predicted molar refractivity (Wildman–Crippen MR) is 161 cm³/mol. The summed E-state index contributed by atoms with van der Waals surface area (Å²) in [7, 11) is 8.05. The van der Waals surface area contributed by atoms with Crippen molar-refractivity contribution in [3.05, 3.63) is 84.4 Å². The van der Waals surface area contributed by atoms with E-state index in [4.69, 9.17) is 9.97 Å². The average molecular weight is 559 g/mol. The van der Waals surface area contributed by atoms with Gasteiger partial charge in [-0.1, -0.05) is 34.7 Å². The van der Waals surface area contributed by atoms with Gasteiger partial charge in [-0.25, -0.2) is 19.3 Å². The second-order valence-electron chi connectivity index (χ2n) is 10.9. The Morgan fingerprint density at radius 3 is 1.43 bits per heavy atom. The van der Waals surface area contributed by atoms with E-state index in [0.717, 1.165) is 80.7 Å². The van der Waals surface area contributed by atoms with Gasteiger partial charge in [-0.05, 0) is 64.6 Å². The van der Waals surface area contributed by atoms with Crippen LogP contribution in [0.15, 0.2) is 73.1 Å². The van der Waals surface area contributed by atoms with Crippen LogP contribution in [-0.4, -0.2) is 87.9 Å². The van der Waals surface area contributed by atoms with E-state index in [-0.39, 0.29) is 0 Å². The van der Waals surface area contributed by atoms with Gasteiger partial charge < -0.3 is 19.8 Å². The zero-order chi connectivity index (χ0) is 28.8. The number of imidazole rings is 2. The van der Waals surface area contributed by atoms with Crippen molar-refractivity contribution in [2.24, 2.45) is 0 Å². The molecular weight excluding hydrogens is 528 g/mol. The van der Waals surface area contributed by atoms with Gasteiger partial charge >= 0.3 is 0 Å². The molecule has 0 spiro atoms. The number of H-pyrrole nitrogens is 2. The van der Waals surface area contributed by atoms with E-state index >= 15 is 0 Å². The maximum Gasteiger partial charge on any atom is 0.138 e. The maximum atomic E-state index is 4.81. The first-order valence-electron chi connectivity index (χ1n) is 13.6. The quantitative estimate of drug-likeness (QED) is 0.286. The molecule has 0 unspecified atom stereocenters. The van der Waals surface area contributed by atoms with Crippen LogP contribution < -0.4 is 0 Å². The fraction of sp³-hybridized carbons (Fsp3) is 0.200. The van der Waals surface area contributed by atoms with Gasteiger partial charge in [0.15, 0.2) is 0 Å². The molecule has 0 atom stereocenters. The highest BCUT2D eigenvalue weighted by Crippen LogP contribution is 2.27. The lowest BCUT2D eigenvalue weighted by molar-refractivity contribution is 0.396. The lowest BCUT2D eigenvalue weighted by atomic mass is 10.1. The molecule has 0 saturated heterocycles. The van der Waals surface area contributed by atoms with Crippen LogP contribution in [0.2, 0.25) is 0 Å². The molecule has 0 saturated carbocycles. The van der Waals surface area contributed by atoms with E-state index in [9.17, 15) is 0 Å². The predicted octanol–water partition coefficient (Wildman–Crippen LogP) is 4.06. The lowest BCUT2D eigenvalue weighted by Gasteiger charge is -2.04. The standard InChI is InChI=1S/C30H30N12/c1-39(2)15-21-17-41(37-35-21)23-9-11-25-27(13-23)33-29(31-25)19-5-7-20(8-6-19)30-32-26-12-10-24(14-28(26)34-30)42-18-22(36-38-42)16-40(3)4/h5-14,17-18H,15-16H2,1-4H3,(H,31,33)(H,32,34). The number of aromatic amines is 2. The third-order valence-corrected chi connectivity index (χ3v) is 6.93. The molecule has 0 radical (unpaired) electrons. The minimum atomic E-state index is 0.739. The fourth-order valence-electron chi connectivity index (χ4n) is 4.98. The molecule has 0 amide bonds. The van der Waals surface area contributed by atoms with Crippen LogP contribution in [0, 0.1) is 0 Å². The number of rotatable bonds is 8. The third kappa shape index (κ3) is 5.04. The molecule has 0 aliphatic heterocycles. The molecule has 0 bridgehead atoms. The van der Waals surface area contributed by atoms with Gasteiger partial charge in [0.05, 0.1) is 57.2 Å². The van der Waals surface area contributed by atoms with Gasteiger partial charge in [-0.3, -0.25) is 0 Å². The van der Waals surface area contributed by atoms with Crippen molar-refractivity contribution < 1.29 is 0 Å². The number of hydrogen-bond acceptors (Lipinski definition) is 8. The van der Waals surface area contributed by atoms with E-state index < -0.39 is 0 Å². The normalized spacial score (nSPS) is 12.0. The maximum absolute atomic E-state index is 4.81. The van der Waals surface area contributed by atoms with Crippen molar-refractivity contribution >= 4 is 22.1 Å². The summed E-state index contributed by atoms with van der Waals surface area (Å²) >= 11 is 0. The Balaban J connectivity index is 1.11. The highest BCUT2D eigenvalue weighted by molar-refractivity contribution is 5.83. The minimum absolute atomic E-state index is 0.739. The lowest BCUT2D eigenvalue weighted by Crippen LogP contribution is -2.10. The highest BCUT2D eigenvalue weighted by atomic mass is 15.4. The van der Waals surface area contributed by atoms with E-state index in [1.165, 1.54) is 0 Å². The number of fused-ring (bicyclic) bond motifs is 2. The SMILES string of the molecule is CN(C)Cc1cn(-c2ccc3nc(-c4ccc(-c5nc6ccc(-n7cc(CN(C)C)nn7)cc6[nH]5)cc4)[nH]c3c2)nn1. The Bertz CT molecular complexity index is 1860. The third-order valence-electron chi connectivity index (χ3n) is 6.93. The molecule has 7 rings (SSSR count). The summed E-state index contributed by atoms with van der Waals surface area (Å²) in [5.74, 6) is 1.60. The van der Waals surface area contributed by atoms with Gasteiger partial charge in [0, 0.05) is 24.2 Å². The molecule has 42 heavy (non-hydrogen) atoms. The van der Waals surface area contributed by atoms with Gasteiger partial charge in [0.25, 0.3) is 0 Å². The van der Waals surface area contributed by atoms with Crippen molar-refractivity contribution in [3.8, 4) is 34.2 Å². The molecule has 0 aliphatic carbocycles. The number of nitrogens with zero attached hydrogens (tertiary/aromatic N) is 10. The molecule has 2 N–H and O–H groups in total. The molecule has 4 aromatic heterocycles. The van der Waals surface area contributed by atoms with E-state index in [1.54, 1.807) is 9.36 Å². The van der Waals surface area contributed by atoms with Crippen LogP contribution in [0.4, 0.5) is 0 Å². The zero-order valence-electron chi connectivity index (χ0n) is 23.8. The summed E-state index contributed by atoms with van der Waals surface area (Å²) < 4.78 is 3.58. The van der Waals surface area contributed by atoms with Crippen LogP contribution in [-0.2, 0) is 13.1 Å². The molecule has 12 nitrogen and oxygen atoms in total. The average Bonchev–Trinajstić information content (AvgIpc) is 3.77. The van der Waals surface area contributed by atoms with Crippen molar-refractivity contribution in [2.45, 2.75) is 13.1 Å². The zero-order valence-corrected chi connectivity index (χ0v) is 23.8.